The second-order valence-corrected chi connectivity index (χ2v) is 6.80. The fraction of sp³-hybridized carbons (Fsp3) is 0.429. The summed E-state index contributed by atoms with van der Waals surface area (Å²) in [5, 5.41) is 13.7. The van der Waals surface area contributed by atoms with E-state index in [1.165, 1.54) is 11.3 Å². The van der Waals surface area contributed by atoms with E-state index in [0.717, 1.165) is 44.2 Å². The SMILES string of the molecule is CCNC(=NCC(O)c1ccncc1)N1CCN(c2cccc(C)c2)CC1.I. The van der Waals surface area contributed by atoms with Gasteiger partial charge in [-0.05, 0) is 49.2 Å². The normalized spacial score (nSPS) is 15.8. The van der Waals surface area contributed by atoms with Crippen LogP contribution < -0.4 is 10.2 Å². The topological polar surface area (TPSA) is 64.0 Å². The number of aryl methyl sites for hydroxylation is 1. The number of nitrogens with zero attached hydrogens (tertiary/aromatic N) is 4. The molecule has 1 aromatic heterocycles. The Kier molecular flexibility index (Phi) is 8.98. The molecule has 0 bridgehead atoms. The van der Waals surface area contributed by atoms with Crippen molar-refractivity contribution in [2.45, 2.75) is 20.0 Å². The summed E-state index contributed by atoms with van der Waals surface area (Å²) in [6.45, 7) is 9.08. The van der Waals surface area contributed by atoms with Crippen molar-refractivity contribution in [3.63, 3.8) is 0 Å². The number of piperazine rings is 1. The van der Waals surface area contributed by atoms with Crippen molar-refractivity contribution in [1.82, 2.24) is 15.2 Å². The first-order valence-corrected chi connectivity index (χ1v) is 9.60. The first-order valence-electron chi connectivity index (χ1n) is 9.60. The maximum absolute atomic E-state index is 10.4. The number of pyridine rings is 1. The van der Waals surface area contributed by atoms with E-state index in [0.29, 0.717) is 6.54 Å². The molecule has 3 rings (SSSR count). The summed E-state index contributed by atoms with van der Waals surface area (Å²) >= 11 is 0. The molecule has 0 saturated carbocycles. The Bertz CT molecular complexity index is 747. The van der Waals surface area contributed by atoms with Crippen molar-refractivity contribution in [3.05, 3.63) is 59.9 Å². The fourth-order valence-electron chi connectivity index (χ4n) is 3.29. The number of aliphatic hydroxyl groups is 1. The average Bonchev–Trinajstić information content (AvgIpc) is 2.72. The van der Waals surface area contributed by atoms with Crippen molar-refractivity contribution in [3.8, 4) is 0 Å². The molecular formula is C21H30IN5O. The maximum atomic E-state index is 10.4. The zero-order valence-corrected chi connectivity index (χ0v) is 18.9. The predicted octanol–water partition coefficient (Wildman–Crippen LogP) is 2.83. The summed E-state index contributed by atoms with van der Waals surface area (Å²) in [5.41, 5.74) is 3.41. The molecule has 2 aromatic rings. The van der Waals surface area contributed by atoms with E-state index in [1.807, 2.05) is 12.1 Å². The molecule has 1 saturated heterocycles. The lowest BCUT2D eigenvalue weighted by Gasteiger charge is -2.38. The molecule has 0 aliphatic carbocycles. The number of hydrogen-bond donors (Lipinski definition) is 2. The predicted molar refractivity (Wildman–Crippen MR) is 126 cm³/mol. The quantitative estimate of drug-likeness (QED) is 0.380. The highest BCUT2D eigenvalue weighted by atomic mass is 127. The van der Waals surface area contributed by atoms with Crippen molar-refractivity contribution >= 4 is 35.6 Å². The standard InChI is InChI=1S/C21H29N5O.HI/c1-3-23-21(24-16-20(27)18-7-9-22-10-8-18)26-13-11-25(12-14-26)19-6-4-5-17(2)15-19;/h4-10,15,20,27H,3,11-14,16H2,1-2H3,(H,23,24);1H. The Morgan fingerprint density at radius 2 is 1.89 bits per heavy atom. The maximum Gasteiger partial charge on any atom is 0.194 e. The number of guanidine groups is 1. The average molecular weight is 495 g/mol. The summed E-state index contributed by atoms with van der Waals surface area (Å²) in [6.07, 6.45) is 2.77. The van der Waals surface area contributed by atoms with E-state index in [-0.39, 0.29) is 24.0 Å². The third-order valence-corrected chi connectivity index (χ3v) is 4.79. The number of rotatable bonds is 5. The molecule has 1 aromatic carbocycles. The Morgan fingerprint density at radius 1 is 1.18 bits per heavy atom. The van der Waals surface area contributed by atoms with E-state index in [2.05, 4.69) is 63.2 Å². The number of nitrogens with one attached hydrogen (secondary N) is 1. The first kappa shape index (κ1) is 22.4. The van der Waals surface area contributed by atoms with Crippen LogP contribution in [-0.4, -0.2) is 60.2 Å². The minimum atomic E-state index is -0.616. The third-order valence-electron chi connectivity index (χ3n) is 4.79. The molecule has 0 amide bonds. The lowest BCUT2D eigenvalue weighted by Crippen LogP contribution is -2.52. The Morgan fingerprint density at radius 3 is 2.54 bits per heavy atom. The zero-order chi connectivity index (χ0) is 19.1. The summed E-state index contributed by atoms with van der Waals surface area (Å²) in [6, 6.07) is 12.3. The summed E-state index contributed by atoms with van der Waals surface area (Å²) in [4.78, 5) is 13.3. The summed E-state index contributed by atoms with van der Waals surface area (Å²) in [7, 11) is 0. The van der Waals surface area contributed by atoms with Crippen LogP contribution in [0.25, 0.3) is 0 Å². The van der Waals surface area contributed by atoms with Gasteiger partial charge in [0.25, 0.3) is 0 Å². The highest BCUT2D eigenvalue weighted by molar-refractivity contribution is 14.0. The van der Waals surface area contributed by atoms with E-state index >= 15 is 0 Å². The number of hydrogen-bond acceptors (Lipinski definition) is 4. The van der Waals surface area contributed by atoms with Crippen molar-refractivity contribution in [1.29, 1.82) is 0 Å². The number of benzene rings is 1. The second-order valence-electron chi connectivity index (χ2n) is 6.80. The molecule has 7 heteroatoms. The summed E-state index contributed by atoms with van der Waals surface area (Å²) in [5.74, 6) is 0.870. The van der Waals surface area contributed by atoms with E-state index in [1.54, 1.807) is 12.4 Å². The van der Waals surface area contributed by atoms with Crippen LogP contribution in [0.15, 0.2) is 53.8 Å². The molecule has 1 aliphatic rings. The van der Waals surface area contributed by atoms with Gasteiger partial charge in [0.05, 0.1) is 12.6 Å². The molecule has 2 N–H and O–H groups in total. The van der Waals surface area contributed by atoms with Gasteiger partial charge in [-0.15, -0.1) is 24.0 Å². The highest BCUT2D eigenvalue weighted by Crippen LogP contribution is 2.18. The third kappa shape index (κ3) is 6.07. The van der Waals surface area contributed by atoms with Gasteiger partial charge in [-0.1, -0.05) is 12.1 Å². The van der Waals surface area contributed by atoms with Gasteiger partial charge in [0.2, 0.25) is 0 Å². The molecule has 2 heterocycles. The van der Waals surface area contributed by atoms with Gasteiger partial charge >= 0.3 is 0 Å². The highest BCUT2D eigenvalue weighted by Gasteiger charge is 2.20. The lowest BCUT2D eigenvalue weighted by molar-refractivity contribution is 0.186. The van der Waals surface area contributed by atoms with Gasteiger partial charge < -0.3 is 20.2 Å². The van der Waals surface area contributed by atoms with Crippen molar-refractivity contribution in [2.24, 2.45) is 4.99 Å². The lowest BCUT2D eigenvalue weighted by atomic mass is 10.1. The van der Waals surface area contributed by atoms with Gasteiger partial charge in [0, 0.05) is 50.8 Å². The Labute approximate surface area is 184 Å². The Hall–Kier alpha value is -1.87. The second kappa shape index (κ2) is 11.2. The molecule has 1 fully saturated rings. The molecular weight excluding hydrogens is 465 g/mol. The van der Waals surface area contributed by atoms with Gasteiger partial charge in [0.15, 0.2) is 5.96 Å². The molecule has 0 spiro atoms. The van der Waals surface area contributed by atoms with E-state index < -0.39 is 6.10 Å². The molecule has 1 atom stereocenters. The molecule has 28 heavy (non-hydrogen) atoms. The van der Waals surface area contributed by atoms with Crippen LogP contribution in [0.4, 0.5) is 5.69 Å². The Balaban J connectivity index is 0.00000280. The number of halogens is 1. The van der Waals surface area contributed by atoms with Gasteiger partial charge in [-0.3, -0.25) is 9.98 Å². The van der Waals surface area contributed by atoms with Gasteiger partial charge in [0.1, 0.15) is 0 Å². The van der Waals surface area contributed by atoms with Crippen LogP contribution in [0.5, 0.6) is 0 Å². The fourth-order valence-corrected chi connectivity index (χ4v) is 3.29. The smallest absolute Gasteiger partial charge is 0.194 e. The molecule has 1 aliphatic heterocycles. The molecule has 6 nitrogen and oxygen atoms in total. The van der Waals surface area contributed by atoms with Crippen LogP contribution in [0.1, 0.15) is 24.2 Å². The van der Waals surface area contributed by atoms with Crippen molar-refractivity contribution in [2.75, 3.05) is 44.2 Å². The van der Waals surface area contributed by atoms with Crippen LogP contribution in [0.3, 0.4) is 0 Å². The minimum Gasteiger partial charge on any atom is -0.386 e. The molecule has 152 valence electrons. The summed E-state index contributed by atoms with van der Waals surface area (Å²) < 4.78 is 0. The molecule has 0 radical (unpaired) electrons. The number of aromatic nitrogens is 1. The largest absolute Gasteiger partial charge is 0.386 e. The number of aliphatic imine (C=N–C) groups is 1. The van der Waals surface area contributed by atoms with Gasteiger partial charge in [-0.2, -0.15) is 0 Å². The molecule has 1 unspecified atom stereocenters. The van der Waals surface area contributed by atoms with E-state index in [4.69, 9.17) is 0 Å². The van der Waals surface area contributed by atoms with Gasteiger partial charge in [-0.25, -0.2) is 0 Å². The minimum absolute atomic E-state index is 0. The zero-order valence-electron chi connectivity index (χ0n) is 16.6. The monoisotopic (exact) mass is 495 g/mol. The first-order chi connectivity index (χ1) is 13.2. The van der Waals surface area contributed by atoms with Crippen molar-refractivity contribution < 1.29 is 5.11 Å². The number of aliphatic hydroxyl groups excluding tert-OH is 1. The van der Waals surface area contributed by atoms with Crippen LogP contribution >= 0.6 is 24.0 Å². The van der Waals surface area contributed by atoms with E-state index in [9.17, 15) is 5.11 Å². The van der Waals surface area contributed by atoms with Crippen LogP contribution in [0.2, 0.25) is 0 Å². The number of anilines is 1. The van der Waals surface area contributed by atoms with Crippen LogP contribution in [0, 0.1) is 6.92 Å². The van der Waals surface area contributed by atoms with Crippen LogP contribution in [-0.2, 0) is 0 Å².